The minimum atomic E-state index is 0.628. The number of nitrogens with one attached hydrogen (secondary N) is 1. The molecular weight excluding hydrogens is 184 g/mol. The van der Waals surface area contributed by atoms with Gasteiger partial charge >= 0.3 is 0 Å². The van der Waals surface area contributed by atoms with Crippen molar-refractivity contribution in [3.05, 3.63) is 29.8 Å². The lowest BCUT2D eigenvalue weighted by Crippen LogP contribution is -2.23. The first-order chi connectivity index (χ1) is 7.29. The summed E-state index contributed by atoms with van der Waals surface area (Å²) in [4.78, 5) is 2.38. The normalized spacial score (nSPS) is 21.9. The van der Waals surface area contributed by atoms with E-state index in [2.05, 4.69) is 48.5 Å². The quantitative estimate of drug-likeness (QED) is 0.813. The first-order valence-corrected chi connectivity index (χ1v) is 5.82. The smallest absolute Gasteiger partial charge is 0.0400 e. The van der Waals surface area contributed by atoms with E-state index in [4.69, 9.17) is 0 Å². The van der Waals surface area contributed by atoms with E-state index >= 15 is 0 Å². The van der Waals surface area contributed by atoms with Crippen LogP contribution in [0.3, 0.4) is 0 Å². The summed E-state index contributed by atoms with van der Waals surface area (Å²) >= 11 is 0. The van der Waals surface area contributed by atoms with Crippen LogP contribution in [0.1, 0.15) is 18.9 Å². The summed E-state index contributed by atoms with van der Waals surface area (Å²) in [5.74, 6) is 0. The summed E-state index contributed by atoms with van der Waals surface area (Å²) in [6.45, 7) is 4.59. The molecule has 1 saturated heterocycles. The average molecular weight is 204 g/mol. The summed E-state index contributed by atoms with van der Waals surface area (Å²) in [6, 6.07) is 9.26. The third-order valence-electron chi connectivity index (χ3n) is 3.15. The molecule has 0 radical (unpaired) electrons. The molecule has 1 unspecified atom stereocenters. The standard InChI is InChI=1S/C13H20N2/c1-3-11-6-4-5-7-13(11)14-12-8-9-15(2)10-12/h4-7,12,14H,3,8-10H2,1-2H3. The third-order valence-corrected chi connectivity index (χ3v) is 3.15. The fraction of sp³-hybridized carbons (Fsp3) is 0.538. The van der Waals surface area contributed by atoms with Gasteiger partial charge in [0.1, 0.15) is 0 Å². The molecule has 0 aliphatic carbocycles. The number of aryl methyl sites for hydroxylation is 1. The number of hydrogen-bond acceptors (Lipinski definition) is 2. The lowest BCUT2D eigenvalue weighted by atomic mass is 10.1. The Bertz CT molecular complexity index is 322. The van der Waals surface area contributed by atoms with Gasteiger partial charge in [-0.25, -0.2) is 0 Å². The first kappa shape index (κ1) is 10.5. The van der Waals surface area contributed by atoms with E-state index in [1.807, 2.05) is 0 Å². The van der Waals surface area contributed by atoms with Crippen molar-refractivity contribution in [2.24, 2.45) is 0 Å². The highest BCUT2D eigenvalue weighted by Gasteiger charge is 2.19. The number of likely N-dealkylation sites (N-methyl/N-ethyl adjacent to an activating group) is 1. The van der Waals surface area contributed by atoms with Crippen LogP contribution in [0.2, 0.25) is 0 Å². The maximum Gasteiger partial charge on any atom is 0.0400 e. The Kier molecular flexibility index (Phi) is 3.27. The van der Waals surface area contributed by atoms with Gasteiger partial charge in [0.15, 0.2) is 0 Å². The SMILES string of the molecule is CCc1ccccc1NC1CCN(C)C1. The predicted molar refractivity (Wildman–Crippen MR) is 65.3 cm³/mol. The van der Waals surface area contributed by atoms with Crippen LogP contribution in [0.25, 0.3) is 0 Å². The lowest BCUT2D eigenvalue weighted by Gasteiger charge is -2.16. The van der Waals surface area contributed by atoms with Crippen LogP contribution in [0.15, 0.2) is 24.3 Å². The van der Waals surface area contributed by atoms with Crippen molar-refractivity contribution in [2.45, 2.75) is 25.8 Å². The van der Waals surface area contributed by atoms with Crippen LogP contribution in [-0.4, -0.2) is 31.1 Å². The Morgan fingerprint density at radius 2 is 2.20 bits per heavy atom. The molecule has 2 rings (SSSR count). The molecule has 1 aliphatic heterocycles. The van der Waals surface area contributed by atoms with Gasteiger partial charge in [-0.15, -0.1) is 0 Å². The maximum atomic E-state index is 3.65. The minimum absolute atomic E-state index is 0.628. The number of nitrogens with zero attached hydrogens (tertiary/aromatic N) is 1. The fourth-order valence-corrected chi connectivity index (χ4v) is 2.24. The molecule has 1 aromatic rings. The molecule has 0 saturated carbocycles. The van der Waals surface area contributed by atoms with Crippen LogP contribution in [0.5, 0.6) is 0 Å². The minimum Gasteiger partial charge on any atom is -0.381 e. The van der Waals surface area contributed by atoms with Crippen LogP contribution in [0.4, 0.5) is 5.69 Å². The predicted octanol–water partition coefficient (Wildman–Crippen LogP) is 2.37. The van der Waals surface area contributed by atoms with Gasteiger partial charge in [0.25, 0.3) is 0 Å². The van der Waals surface area contributed by atoms with Gasteiger partial charge in [-0.3, -0.25) is 0 Å². The molecule has 1 aliphatic rings. The van der Waals surface area contributed by atoms with Crippen molar-refractivity contribution in [3.63, 3.8) is 0 Å². The largest absolute Gasteiger partial charge is 0.381 e. The molecule has 1 fully saturated rings. The Labute approximate surface area is 92.3 Å². The highest BCUT2D eigenvalue weighted by molar-refractivity contribution is 5.51. The fourth-order valence-electron chi connectivity index (χ4n) is 2.24. The van der Waals surface area contributed by atoms with Gasteiger partial charge in [0, 0.05) is 18.3 Å². The third kappa shape index (κ3) is 2.51. The molecule has 0 amide bonds. The highest BCUT2D eigenvalue weighted by Crippen LogP contribution is 2.19. The van der Waals surface area contributed by atoms with Crippen LogP contribution in [-0.2, 0) is 6.42 Å². The second-order valence-corrected chi connectivity index (χ2v) is 4.40. The van der Waals surface area contributed by atoms with Crippen LogP contribution >= 0.6 is 0 Å². The molecule has 1 aromatic carbocycles. The molecule has 2 heteroatoms. The number of anilines is 1. The van der Waals surface area contributed by atoms with Gasteiger partial charge < -0.3 is 10.2 Å². The highest BCUT2D eigenvalue weighted by atomic mass is 15.2. The van der Waals surface area contributed by atoms with Crippen LogP contribution < -0.4 is 5.32 Å². The van der Waals surface area contributed by atoms with Gasteiger partial charge in [-0.2, -0.15) is 0 Å². The summed E-state index contributed by atoms with van der Waals surface area (Å²) in [6.07, 6.45) is 2.36. The zero-order valence-corrected chi connectivity index (χ0v) is 9.66. The zero-order chi connectivity index (χ0) is 10.7. The maximum absolute atomic E-state index is 3.65. The molecule has 0 bridgehead atoms. The van der Waals surface area contributed by atoms with E-state index in [1.165, 1.54) is 24.2 Å². The van der Waals surface area contributed by atoms with Crippen molar-refractivity contribution in [3.8, 4) is 0 Å². The van der Waals surface area contributed by atoms with E-state index in [1.54, 1.807) is 0 Å². The number of rotatable bonds is 3. The van der Waals surface area contributed by atoms with Crippen molar-refractivity contribution in [1.82, 2.24) is 4.90 Å². The number of likely N-dealkylation sites (tertiary alicyclic amines) is 1. The molecule has 2 nitrogen and oxygen atoms in total. The lowest BCUT2D eigenvalue weighted by molar-refractivity contribution is 0.414. The van der Waals surface area contributed by atoms with Crippen molar-refractivity contribution in [2.75, 3.05) is 25.5 Å². The van der Waals surface area contributed by atoms with Crippen molar-refractivity contribution < 1.29 is 0 Å². The summed E-state index contributed by atoms with van der Waals surface area (Å²) < 4.78 is 0. The second kappa shape index (κ2) is 4.67. The van der Waals surface area contributed by atoms with Crippen molar-refractivity contribution >= 4 is 5.69 Å². The molecule has 1 N–H and O–H groups in total. The monoisotopic (exact) mass is 204 g/mol. The number of hydrogen-bond donors (Lipinski definition) is 1. The first-order valence-electron chi connectivity index (χ1n) is 5.82. The average Bonchev–Trinajstić information content (AvgIpc) is 2.65. The molecule has 0 aromatic heterocycles. The molecule has 1 heterocycles. The molecule has 15 heavy (non-hydrogen) atoms. The topological polar surface area (TPSA) is 15.3 Å². The Hall–Kier alpha value is -1.02. The number of para-hydroxylation sites is 1. The van der Waals surface area contributed by atoms with Gasteiger partial charge in [0.2, 0.25) is 0 Å². The molecule has 1 atom stereocenters. The molecule has 82 valence electrons. The van der Waals surface area contributed by atoms with E-state index in [9.17, 15) is 0 Å². The Balaban J connectivity index is 2.04. The molecular formula is C13H20N2. The number of benzene rings is 1. The summed E-state index contributed by atoms with van der Waals surface area (Å²) in [5, 5.41) is 3.65. The van der Waals surface area contributed by atoms with Crippen molar-refractivity contribution in [1.29, 1.82) is 0 Å². The van der Waals surface area contributed by atoms with E-state index in [0.717, 1.165) is 13.0 Å². The van der Waals surface area contributed by atoms with Gasteiger partial charge in [-0.1, -0.05) is 25.1 Å². The Morgan fingerprint density at radius 3 is 2.87 bits per heavy atom. The zero-order valence-electron chi connectivity index (χ0n) is 9.66. The van der Waals surface area contributed by atoms with E-state index in [-0.39, 0.29) is 0 Å². The van der Waals surface area contributed by atoms with E-state index in [0.29, 0.717) is 6.04 Å². The Morgan fingerprint density at radius 1 is 1.40 bits per heavy atom. The van der Waals surface area contributed by atoms with Crippen LogP contribution in [0, 0.1) is 0 Å². The van der Waals surface area contributed by atoms with Gasteiger partial charge in [-0.05, 0) is 38.1 Å². The summed E-state index contributed by atoms with van der Waals surface area (Å²) in [7, 11) is 2.19. The van der Waals surface area contributed by atoms with E-state index < -0.39 is 0 Å². The summed E-state index contributed by atoms with van der Waals surface area (Å²) in [5.41, 5.74) is 2.74. The molecule has 0 spiro atoms. The van der Waals surface area contributed by atoms with Gasteiger partial charge in [0.05, 0.1) is 0 Å². The second-order valence-electron chi connectivity index (χ2n) is 4.40.